The van der Waals surface area contributed by atoms with Crippen molar-refractivity contribution in [3.63, 3.8) is 0 Å². The number of nitrogens with zero attached hydrogens (tertiary/aromatic N) is 2. The lowest BCUT2D eigenvalue weighted by Gasteiger charge is -2.33. The highest BCUT2D eigenvalue weighted by atomic mass is 32.2. The molecule has 0 unspecified atom stereocenters. The Bertz CT molecular complexity index is 941. The molecule has 2 aromatic rings. The van der Waals surface area contributed by atoms with Crippen LogP contribution in [0, 0.1) is 0 Å². The van der Waals surface area contributed by atoms with Gasteiger partial charge in [-0.1, -0.05) is 39.0 Å². The highest BCUT2D eigenvalue weighted by Gasteiger charge is 2.29. The van der Waals surface area contributed by atoms with Gasteiger partial charge in [0.2, 0.25) is 15.9 Å². The Kier molecular flexibility index (Phi) is 7.02. The van der Waals surface area contributed by atoms with Gasteiger partial charge in [0.25, 0.3) is 0 Å². The molecule has 0 bridgehead atoms. The van der Waals surface area contributed by atoms with Gasteiger partial charge < -0.3 is 5.32 Å². The van der Waals surface area contributed by atoms with Crippen molar-refractivity contribution in [3.8, 4) is 0 Å². The van der Waals surface area contributed by atoms with E-state index in [4.69, 9.17) is 0 Å². The first-order chi connectivity index (χ1) is 14.1. The van der Waals surface area contributed by atoms with E-state index >= 15 is 0 Å². The number of hydrogen-bond acceptors (Lipinski definition) is 5. The summed E-state index contributed by atoms with van der Waals surface area (Å²) in [5.74, 6) is -0.0371. The molecule has 1 amide bonds. The Labute approximate surface area is 183 Å². The largest absolute Gasteiger partial charge is 0.348 e. The molecule has 1 atom stereocenters. The van der Waals surface area contributed by atoms with Crippen molar-refractivity contribution in [3.05, 3.63) is 52.2 Å². The number of rotatable bonds is 6. The second-order valence-corrected chi connectivity index (χ2v) is 11.7. The summed E-state index contributed by atoms with van der Waals surface area (Å²) in [6.07, 6.45) is 0. The van der Waals surface area contributed by atoms with E-state index in [1.807, 2.05) is 41.5 Å². The summed E-state index contributed by atoms with van der Waals surface area (Å²) >= 11 is 1.62. The zero-order chi connectivity index (χ0) is 21.9. The summed E-state index contributed by atoms with van der Waals surface area (Å²) in [4.78, 5) is 15.8. The zero-order valence-electron chi connectivity index (χ0n) is 18.1. The summed E-state index contributed by atoms with van der Waals surface area (Å²) in [7, 11) is -3.52. The fourth-order valence-corrected chi connectivity index (χ4v) is 5.66. The zero-order valence-corrected chi connectivity index (χ0v) is 19.7. The molecule has 1 aromatic carbocycles. The molecule has 6 nitrogen and oxygen atoms in total. The normalized spacial score (nSPS) is 17.6. The molecule has 3 rings (SSSR count). The van der Waals surface area contributed by atoms with Crippen LogP contribution in [0.15, 0.2) is 46.7 Å². The van der Waals surface area contributed by atoms with Crippen molar-refractivity contribution < 1.29 is 13.2 Å². The van der Waals surface area contributed by atoms with Crippen LogP contribution >= 0.6 is 11.3 Å². The van der Waals surface area contributed by atoms with E-state index in [9.17, 15) is 13.2 Å². The quantitative estimate of drug-likeness (QED) is 0.735. The van der Waals surface area contributed by atoms with Crippen molar-refractivity contribution in [1.29, 1.82) is 0 Å². The first kappa shape index (κ1) is 22.9. The van der Waals surface area contributed by atoms with Gasteiger partial charge in [-0.3, -0.25) is 9.69 Å². The first-order valence-electron chi connectivity index (χ1n) is 10.2. The monoisotopic (exact) mass is 449 g/mol. The molecule has 1 aromatic heterocycles. The number of nitrogens with one attached hydrogen (secondary N) is 1. The van der Waals surface area contributed by atoms with Gasteiger partial charge in [-0.15, -0.1) is 11.3 Å². The minimum atomic E-state index is -3.52. The minimum absolute atomic E-state index is 0.0183. The van der Waals surface area contributed by atoms with Gasteiger partial charge in [-0.2, -0.15) is 4.31 Å². The third kappa shape index (κ3) is 5.49. The molecule has 1 fully saturated rings. The second kappa shape index (κ2) is 9.18. The van der Waals surface area contributed by atoms with Gasteiger partial charge in [0.1, 0.15) is 0 Å². The van der Waals surface area contributed by atoms with Crippen LogP contribution in [-0.4, -0.2) is 56.3 Å². The summed E-state index contributed by atoms with van der Waals surface area (Å²) in [5, 5.41) is 5.01. The molecular formula is C22H31N3O3S2. The maximum atomic E-state index is 13.0. The Morgan fingerprint density at radius 1 is 1.10 bits per heavy atom. The summed E-state index contributed by atoms with van der Waals surface area (Å²) in [6, 6.07) is 11.1. The van der Waals surface area contributed by atoms with E-state index < -0.39 is 10.0 Å². The molecule has 8 heteroatoms. The smallest absolute Gasteiger partial charge is 0.243 e. The van der Waals surface area contributed by atoms with Crippen LogP contribution in [0.2, 0.25) is 0 Å². The van der Waals surface area contributed by atoms with Crippen molar-refractivity contribution in [2.24, 2.45) is 0 Å². The average Bonchev–Trinajstić information content (AvgIpc) is 3.23. The van der Waals surface area contributed by atoms with Gasteiger partial charge in [0.05, 0.1) is 17.5 Å². The Morgan fingerprint density at radius 3 is 2.27 bits per heavy atom. The van der Waals surface area contributed by atoms with Gasteiger partial charge in [0.15, 0.2) is 0 Å². The van der Waals surface area contributed by atoms with Crippen LogP contribution in [0.3, 0.4) is 0 Å². The Morgan fingerprint density at radius 2 is 1.73 bits per heavy atom. The molecule has 2 heterocycles. The highest BCUT2D eigenvalue weighted by Crippen LogP contribution is 2.25. The van der Waals surface area contributed by atoms with Crippen LogP contribution in [0.4, 0.5) is 0 Å². The van der Waals surface area contributed by atoms with E-state index in [1.54, 1.807) is 23.5 Å². The fourth-order valence-electron chi connectivity index (χ4n) is 3.50. The highest BCUT2D eigenvalue weighted by molar-refractivity contribution is 7.89. The SMILES string of the molecule is C[C@@H](NC(=O)CN1CCN(S(=O)(=O)c2ccc(C(C)(C)C)cc2)CC1)c1cccs1. The van der Waals surface area contributed by atoms with Gasteiger partial charge in [-0.25, -0.2) is 8.42 Å². The molecule has 30 heavy (non-hydrogen) atoms. The number of carbonyl (C=O) groups excluding carboxylic acids is 1. The van der Waals surface area contributed by atoms with E-state index in [1.165, 1.54) is 4.31 Å². The van der Waals surface area contributed by atoms with Crippen molar-refractivity contribution >= 4 is 27.3 Å². The lowest BCUT2D eigenvalue weighted by atomic mass is 9.87. The third-order valence-electron chi connectivity index (χ3n) is 5.40. The molecule has 1 N–H and O–H groups in total. The fraction of sp³-hybridized carbons (Fsp3) is 0.500. The van der Waals surface area contributed by atoms with E-state index in [2.05, 4.69) is 26.1 Å². The molecule has 1 saturated heterocycles. The van der Waals surface area contributed by atoms with Crippen LogP contribution < -0.4 is 5.32 Å². The molecule has 0 spiro atoms. The molecule has 164 valence electrons. The van der Waals surface area contributed by atoms with Crippen LogP contribution in [0.5, 0.6) is 0 Å². The molecule has 1 aliphatic rings. The lowest BCUT2D eigenvalue weighted by Crippen LogP contribution is -2.51. The lowest BCUT2D eigenvalue weighted by molar-refractivity contribution is -0.123. The second-order valence-electron chi connectivity index (χ2n) is 8.76. The number of carbonyl (C=O) groups is 1. The maximum absolute atomic E-state index is 13.0. The topological polar surface area (TPSA) is 69.7 Å². The first-order valence-corrected chi connectivity index (χ1v) is 12.5. The van der Waals surface area contributed by atoms with Gasteiger partial charge in [-0.05, 0) is 41.5 Å². The van der Waals surface area contributed by atoms with E-state index in [0.29, 0.717) is 31.1 Å². The number of amides is 1. The van der Waals surface area contributed by atoms with Crippen LogP contribution in [-0.2, 0) is 20.2 Å². The standard InChI is InChI=1S/C22H31N3O3S2/c1-17(20-6-5-15-29-20)23-21(26)16-24-11-13-25(14-12-24)30(27,28)19-9-7-18(8-10-19)22(2,3)4/h5-10,15,17H,11-14,16H2,1-4H3,(H,23,26)/t17-/m1/s1. The molecule has 0 aliphatic carbocycles. The number of sulfonamides is 1. The summed E-state index contributed by atoms with van der Waals surface area (Å²) in [6.45, 7) is 10.4. The summed E-state index contributed by atoms with van der Waals surface area (Å²) < 4.78 is 27.5. The van der Waals surface area contributed by atoms with Crippen molar-refractivity contribution in [1.82, 2.24) is 14.5 Å². The van der Waals surface area contributed by atoms with Gasteiger partial charge in [0, 0.05) is 31.1 Å². The Hall–Kier alpha value is -1.74. The number of thiophene rings is 1. The molecule has 0 radical (unpaired) electrons. The predicted molar refractivity (Wildman–Crippen MR) is 121 cm³/mol. The number of benzene rings is 1. The average molecular weight is 450 g/mol. The summed E-state index contributed by atoms with van der Waals surface area (Å²) in [5.41, 5.74) is 1.09. The molecular weight excluding hydrogens is 418 g/mol. The van der Waals surface area contributed by atoms with E-state index in [0.717, 1.165) is 10.4 Å². The maximum Gasteiger partial charge on any atom is 0.243 e. The number of hydrogen-bond donors (Lipinski definition) is 1. The minimum Gasteiger partial charge on any atom is -0.348 e. The predicted octanol–water partition coefficient (Wildman–Crippen LogP) is 3.23. The third-order valence-corrected chi connectivity index (χ3v) is 8.37. The van der Waals surface area contributed by atoms with Crippen molar-refractivity contribution in [2.45, 2.75) is 44.0 Å². The van der Waals surface area contributed by atoms with Crippen molar-refractivity contribution in [2.75, 3.05) is 32.7 Å². The van der Waals surface area contributed by atoms with Crippen LogP contribution in [0.25, 0.3) is 0 Å². The van der Waals surface area contributed by atoms with Crippen LogP contribution in [0.1, 0.15) is 44.2 Å². The molecule has 0 saturated carbocycles. The number of piperazine rings is 1. The van der Waals surface area contributed by atoms with E-state index in [-0.39, 0.29) is 23.9 Å². The molecule has 1 aliphatic heterocycles. The van der Waals surface area contributed by atoms with Gasteiger partial charge >= 0.3 is 0 Å². The Balaban J connectivity index is 1.53.